The van der Waals surface area contributed by atoms with Crippen LogP contribution in [0.4, 0.5) is 4.39 Å². The molecule has 0 fully saturated rings. The molecule has 1 nitrogen and oxygen atoms in total. The van der Waals surface area contributed by atoms with Crippen molar-refractivity contribution in [3.8, 4) is 0 Å². The molecule has 22 heavy (non-hydrogen) atoms. The summed E-state index contributed by atoms with van der Waals surface area (Å²) in [5.41, 5.74) is 8.58. The molecule has 0 radical (unpaired) electrons. The summed E-state index contributed by atoms with van der Waals surface area (Å²) in [6.45, 7) is 8.74. The van der Waals surface area contributed by atoms with Gasteiger partial charge in [0.2, 0.25) is 0 Å². The van der Waals surface area contributed by atoms with Crippen LogP contribution < -0.4 is 5.73 Å². The molecule has 1 aromatic carbocycles. The van der Waals surface area contributed by atoms with Crippen LogP contribution in [0.15, 0.2) is 44.9 Å². The lowest BCUT2D eigenvalue weighted by Crippen LogP contribution is -2.04. The smallest absolute Gasteiger partial charge is 0.0871 e. The molecule has 0 saturated heterocycles. The second-order valence-corrected chi connectivity index (χ2v) is 7.38. The van der Waals surface area contributed by atoms with Gasteiger partial charge in [0, 0.05) is 15.9 Å². The van der Waals surface area contributed by atoms with Gasteiger partial charge >= 0.3 is 0 Å². The van der Waals surface area contributed by atoms with Gasteiger partial charge in [0.1, 0.15) is 0 Å². The van der Waals surface area contributed by atoms with E-state index in [4.69, 9.17) is 5.73 Å². The molecule has 0 aromatic heterocycles. The zero-order chi connectivity index (χ0) is 16.5. The maximum atomic E-state index is 12.6. The molecule has 1 rings (SSSR count). The summed E-state index contributed by atoms with van der Waals surface area (Å²) < 4.78 is 13.7. The van der Waals surface area contributed by atoms with Gasteiger partial charge < -0.3 is 5.73 Å². The van der Waals surface area contributed by atoms with Crippen LogP contribution in [0.1, 0.15) is 43.7 Å². The minimum absolute atomic E-state index is 0.273. The first-order chi connectivity index (χ1) is 10.5. The lowest BCUT2D eigenvalue weighted by Gasteiger charge is -2.14. The largest absolute Gasteiger partial charge is 0.327 e. The Morgan fingerprint density at radius 3 is 2.73 bits per heavy atom. The number of allylic oxidation sites excluding steroid dienone is 1. The molecule has 0 aliphatic heterocycles. The molecule has 0 bridgehead atoms. The fourth-order valence-electron chi connectivity index (χ4n) is 2.08. The maximum absolute atomic E-state index is 12.6. The van der Waals surface area contributed by atoms with Crippen molar-refractivity contribution in [2.24, 2.45) is 5.73 Å². The SMILES string of the molecule is C=C(CCCC)Sc1c(C)ccc(CC/C(=C/F)CN)c1Br. The van der Waals surface area contributed by atoms with E-state index in [2.05, 4.69) is 48.5 Å². The van der Waals surface area contributed by atoms with Crippen LogP contribution in [0, 0.1) is 6.92 Å². The highest BCUT2D eigenvalue weighted by Gasteiger charge is 2.11. The van der Waals surface area contributed by atoms with E-state index in [1.54, 1.807) is 11.8 Å². The predicted octanol–water partition coefficient (Wildman–Crippen LogP) is 6.30. The van der Waals surface area contributed by atoms with E-state index >= 15 is 0 Å². The van der Waals surface area contributed by atoms with Gasteiger partial charge in [-0.25, -0.2) is 4.39 Å². The molecule has 0 spiro atoms. The Balaban J connectivity index is 2.85. The molecule has 122 valence electrons. The highest BCUT2D eigenvalue weighted by Crippen LogP contribution is 2.39. The van der Waals surface area contributed by atoms with Crippen molar-refractivity contribution in [2.45, 2.75) is 50.8 Å². The number of thioether (sulfide) groups is 1. The number of aryl methyl sites for hydroxylation is 2. The topological polar surface area (TPSA) is 26.0 Å². The van der Waals surface area contributed by atoms with Gasteiger partial charge in [0.15, 0.2) is 0 Å². The standard InChI is InChI=1S/C18H25BrFNS/c1-4-5-6-14(3)22-18-13(2)7-9-16(17(18)19)10-8-15(11-20)12-21/h7,9,11H,3-6,8,10,12,21H2,1-2H3/b15-11-. The van der Waals surface area contributed by atoms with Crippen LogP contribution in [0.2, 0.25) is 0 Å². The van der Waals surface area contributed by atoms with Crippen molar-refractivity contribution in [3.05, 3.63) is 51.1 Å². The fraction of sp³-hybridized carbons (Fsp3) is 0.444. The molecule has 0 aliphatic carbocycles. The van der Waals surface area contributed by atoms with Gasteiger partial charge in [0.25, 0.3) is 0 Å². The molecule has 0 unspecified atom stereocenters. The van der Waals surface area contributed by atoms with E-state index in [1.165, 1.54) is 33.8 Å². The second kappa shape index (κ2) is 10.2. The summed E-state index contributed by atoms with van der Waals surface area (Å²) >= 11 is 5.46. The first-order valence-corrected chi connectivity index (χ1v) is 9.26. The Morgan fingerprint density at radius 2 is 2.14 bits per heavy atom. The first kappa shape index (κ1) is 19.5. The van der Waals surface area contributed by atoms with Gasteiger partial charge in [-0.1, -0.05) is 43.8 Å². The van der Waals surface area contributed by atoms with E-state index in [-0.39, 0.29) is 6.54 Å². The predicted molar refractivity (Wildman–Crippen MR) is 100.0 cm³/mol. The highest BCUT2D eigenvalue weighted by molar-refractivity contribution is 9.10. The van der Waals surface area contributed by atoms with Crippen molar-refractivity contribution in [1.82, 2.24) is 0 Å². The molecule has 1 aromatic rings. The monoisotopic (exact) mass is 385 g/mol. The second-order valence-electron chi connectivity index (χ2n) is 5.40. The van der Waals surface area contributed by atoms with Gasteiger partial charge in [-0.3, -0.25) is 0 Å². The summed E-state index contributed by atoms with van der Waals surface area (Å²) in [6, 6.07) is 4.22. The van der Waals surface area contributed by atoms with Crippen molar-refractivity contribution in [1.29, 1.82) is 0 Å². The Kier molecular flexibility index (Phi) is 9.06. The van der Waals surface area contributed by atoms with Crippen molar-refractivity contribution < 1.29 is 4.39 Å². The Hall–Kier alpha value is -0.580. The van der Waals surface area contributed by atoms with Crippen LogP contribution in [-0.4, -0.2) is 6.54 Å². The fourth-order valence-corrected chi connectivity index (χ4v) is 3.95. The van der Waals surface area contributed by atoms with Gasteiger partial charge in [-0.15, -0.1) is 0 Å². The maximum Gasteiger partial charge on any atom is 0.0871 e. The van der Waals surface area contributed by atoms with Crippen molar-refractivity contribution in [2.75, 3.05) is 6.54 Å². The van der Waals surface area contributed by atoms with E-state index in [0.717, 1.165) is 17.3 Å². The van der Waals surface area contributed by atoms with E-state index in [1.807, 2.05) is 0 Å². The third-order valence-corrected chi connectivity index (χ3v) is 5.95. The van der Waals surface area contributed by atoms with Crippen molar-refractivity contribution in [3.63, 3.8) is 0 Å². The van der Waals surface area contributed by atoms with Crippen LogP contribution in [0.25, 0.3) is 0 Å². The number of halogens is 2. The quantitative estimate of drug-likeness (QED) is 0.504. The normalized spacial score (nSPS) is 11.8. The summed E-state index contributed by atoms with van der Waals surface area (Å²) in [5.74, 6) is 0. The van der Waals surface area contributed by atoms with Crippen LogP contribution >= 0.6 is 27.7 Å². The summed E-state index contributed by atoms with van der Waals surface area (Å²) in [4.78, 5) is 2.41. The third-order valence-electron chi connectivity index (χ3n) is 3.56. The van der Waals surface area contributed by atoms with E-state index in [9.17, 15) is 4.39 Å². The summed E-state index contributed by atoms with van der Waals surface area (Å²) in [6.07, 6.45) is 5.45. The molecule has 2 N–H and O–H groups in total. The Labute approximate surface area is 146 Å². The minimum atomic E-state index is 0.273. The van der Waals surface area contributed by atoms with Crippen LogP contribution in [0.3, 0.4) is 0 Å². The summed E-state index contributed by atoms with van der Waals surface area (Å²) in [5, 5.41) is 0. The van der Waals surface area contributed by atoms with Gasteiger partial charge in [0.05, 0.1) is 6.33 Å². The molecule has 0 aliphatic rings. The summed E-state index contributed by atoms with van der Waals surface area (Å²) in [7, 11) is 0. The molecule has 0 amide bonds. The number of rotatable bonds is 9. The third kappa shape index (κ3) is 5.90. The van der Waals surface area contributed by atoms with Crippen LogP contribution in [0.5, 0.6) is 0 Å². The highest BCUT2D eigenvalue weighted by atomic mass is 79.9. The number of hydrogen-bond acceptors (Lipinski definition) is 2. The van der Waals surface area contributed by atoms with Gasteiger partial charge in [-0.05, 0) is 70.1 Å². The number of unbranched alkanes of at least 4 members (excludes halogenated alkanes) is 1. The minimum Gasteiger partial charge on any atom is -0.327 e. The molecular formula is C18H25BrFNS. The average Bonchev–Trinajstić information content (AvgIpc) is 2.52. The molecule has 0 atom stereocenters. The number of benzene rings is 1. The number of hydrogen-bond donors (Lipinski definition) is 1. The van der Waals surface area contributed by atoms with Gasteiger partial charge in [-0.2, -0.15) is 0 Å². The molecule has 0 heterocycles. The van der Waals surface area contributed by atoms with Crippen molar-refractivity contribution >= 4 is 27.7 Å². The average molecular weight is 386 g/mol. The number of nitrogens with two attached hydrogens (primary N) is 1. The lowest BCUT2D eigenvalue weighted by atomic mass is 10.0. The molecule has 0 saturated carbocycles. The van der Waals surface area contributed by atoms with Crippen LogP contribution in [-0.2, 0) is 6.42 Å². The zero-order valence-corrected chi connectivity index (χ0v) is 15.8. The molecular weight excluding hydrogens is 361 g/mol. The molecule has 4 heteroatoms. The first-order valence-electron chi connectivity index (χ1n) is 7.65. The lowest BCUT2D eigenvalue weighted by molar-refractivity contribution is 0.691. The van der Waals surface area contributed by atoms with E-state index < -0.39 is 0 Å². The Morgan fingerprint density at radius 1 is 1.41 bits per heavy atom. The Bertz CT molecular complexity index is 540. The van der Waals surface area contributed by atoms with E-state index in [0.29, 0.717) is 18.3 Å². The zero-order valence-electron chi connectivity index (χ0n) is 13.4.